The molecule has 2 N–H and O–H groups in total. The highest BCUT2D eigenvalue weighted by Gasteiger charge is 2.21. The van der Waals surface area contributed by atoms with Gasteiger partial charge in [-0.1, -0.05) is 0 Å². The monoisotopic (exact) mass is 403 g/mol. The summed E-state index contributed by atoms with van der Waals surface area (Å²) in [5.41, 5.74) is 1.15. The third kappa shape index (κ3) is 4.24. The van der Waals surface area contributed by atoms with E-state index in [0.29, 0.717) is 23.9 Å². The van der Waals surface area contributed by atoms with Crippen LogP contribution in [0.25, 0.3) is 10.2 Å². The minimum absolute atomic E-state index is 0.00385. The average Bonchev–Trinajstić information content (AvgIpc) is 3.35. The van der Waals surface area contributed by atoms with Crippen molar-refractivity contribution >= 4 is 39.2 Å². The van der Waals surface area contributed by atoms with Crippen LogP contribution in [-0.2, 0) is 29.9 Å². The van der Waals surface area contributed by atoms with Crippen LogP contribution in [0.1, 0.15) is 29.1 Å². The number of thiophene rings is 1. The number of hydrogen-bond donors (Lipinski definition) is 2. The lowest BCUT2D eigenvalue weighted by Crippen LogP contribution is -2.27. The van der Waals surface area contributed by atoms with Crippen LogP contribution < -0.4 is 10.9 Å². The minimum Gasteiger partial charge on any atom is -0.355 e. The highest BCUT2D eigenvalue weighted by molar-refractivity contribution is 7.99. The van der Waals surface area contributed by atoms with Gasteiger partial charge >= 0.3 is 0 Å². The number of aromatic nitrogens is 4. The zero-order valence-electron chi connectivity index (χ0n) is 14.9. The van der Waals surface area contributed by atoms with Gasteiger partial charge < -0.3 is 14.9 Å². The highest BCUT2D eigenvalue weighted by atomic mass is 32.2. The molecule has 0 fully saturated rings. The predicted octanol–water partition coefficient (Wildman–Crippen LogP) is 2.11. The predicted molar refractivity (Wildman–Crippen MR) is 108 cm³/mol. The first-order valence-corrected chi connectivity index (χ1v) is 11.0. The molecule has 3 heterocycles. The van der Waals surface area contributed by atoms with E-state index in [1.165, 1.54) is 22.2 Å². The molecule has 1 aliphatic rings. The summed E-state index contributed by atoms with van der Waals surface area (Å²) in [5.74, 6) is 1.53. The number of nitrogens with zero attached hydrogens (tertiary/aromatic N) is 3. The van der Waals surface area contributed by atoms with Gasteiger partial charge in [-0.3, -0.25) is 9.59 Å². The average molecular weight is 404 g/mol. The summed E-state index contributed by atoms with van der Waals surface area (Å²) in [6.45, 7) is 1.47. The van der Waals surface area contributed by atoms with Gasteiger partial charge in [0.15, 0.2) is 0 Å². The maximum Gasteiger partial charge on any atom is 0.259 e. The van der Waals surface area contributed by atoms with Gasteiger partial charge in [-0.2, -0.15) is 0 Å². The van der Waals surface area contributed by atoms with E-state index in [4.69, 9.17) is 0 Å². The fourth-order valence-corrected chi connectivity index (χ4v) is 5.32. The van der Waals surface area contributed by atoms with Crippen LogP contribution in [0.3, 0.4) is 0 Å². The van der Waals surface area contributed by atoms with Gasteiger partial charge in [0.25, 0.3) is 5.56 Å². The van der Waals surface area contributed by atoms with Crippen molar-refractivity contribution < 1.29 is 4.79 Å². The number of amides is 1. The molecule has 7 nitrogen and oxygen atoms in total. The number of aromatic amines is 1. The van der Waals surface area contributed by atoms with Gasteiger partial charge in [0, 0.05) is 30.4 Å². The van der Waals surface area contributed by atoms with E-state index < -0.39 is 0 Å². The van der Waals surface area contributed by atoms with Crippen molar-refractivity contribution in [3.05, 3.63) is 45.3 Å². The molecule has 0 saturated heterocycles. The number of nitrogens with one attached hydrogen (secondary N) is 2. The Kier molecular flexibility index (Phi) is 5.58. The summed E-state index contributed by atoms with van der Waals surface area (Å²) in [4.78, 5) is 38.0. The van der Waals surface area contributed by atoms with Crippen LogP contribution in [0.5, 0.6) is 0 Å². The van der Waals surface area contributed by atoms with E-state index in [1.54, 1.807) is 23.9 Å². The van der Waals surface area contributed by atoms with E-state index in [9.17, 15) is 9.59 Å². The van der Waals surface area contributed by atoms with E-state index in [1.807, 2.05) is 10.8 Å². The van der Waals surface area contributed by atoms with Gasteiger partial charge in [0.1, 0.15) is 10.7 Å². The molecule has 0 radical (unpaired) electrons. The molecule has 9 heteroatoms. The Labute approximate surface area is 164 Å². The third-order valence-electron chi connectivity index (χ3n) is 4.57. The van der Waals surface area contributed by atoms with E-state index >= 15 is 0 Å². The summed E-state index contributed by atoms with van der Waals surface area (Å²) in [6.07, 6.45) is 9.45. The molecule has 0 unspecified atom stereocenters. The summed E-state index contributed by atoms with van der Waals surface area (Å²) < 4.78 is 1.99. The molecular formula is C18H21N5O2S2. The van der Waals surface area contributed by atoms with Crippen LogP contribution in [0.4, 0.5) is 0 Å². The van der Waals surface area contributed by atoms with Crippen LogP contribution in [-0.4, -0.2) is 37.7 Å². The van der Waals surface area contributed by atoms with Crippen molar-refractivity contribution in [3.63, 3.8) is 0 Å². The minimum atomic E-state index is -0.0426. The quantitative estimate of drug-likeness (QED) is 0.562. The fourth-order valence-electron chi connectivity index (χ4n) is 3.32. The Hall–Kier alpha value is -2.13. The Bertz CT molecular complexity index is 993. The topological polar surface area (TPSA) is 92.7 Å². The summed E-state index contributed by atoms with van der Waals surface area (Å²) >= 11 is 3.10. The number of fused-ring (bicyclic) bond motifs is 3. The zero-order valence-corrected chi connectivity index (χ0v) is 16.5. The van der Waals surface area contributed by atoms with Crippen molar-refractivity contribution in [1.29, 1.82) is 0 Å². The van der Waals surface area contributed by atoms with Gasteiger partial charge in [0.05, 0.1) is 23.2 Å². The molecule has 0 aliphatic heterocycles. The van der Waals surface area contributed by atoms with Crippen molar-refractivity contribution in [3.8, 4) is 0 Å². The van der Waals surface area contributed by atoms with Crippen LogP contribution in [0.15, 0.2) is 23.5 Å². The number of hydrogen-bond acceptors (Lipinski definition) is 6. The lowest BCUT2D eigenvalue weighted by atomic mass is 10.2. The van der Waals surface area contributed by atoms with Crippen LogP contribution in [0, 0.1) is 0 Å². The summed E-state index contributed by atoms with van der Waals surface area (Å²) in [7, 11) is 0. The smallest absolute Gasteiger partial charge is 0.259 e. The first-order chi connectivity index (χ1) is 13.2. The molecule has 3 aromatic rings. The zero-order chi connectivity index (χ0) is 18.6. The Morgan fingerprint density at radius 2 is 2.33 bits per heavy atom. The van der Waals surface area contributed by atoms with Crippen molar-refractivity contribution in [2.75, 3.05) is 12.3 Å². The fraction of sp³-hybridized carbons (Fsp3) is 0.444. The molecule has 0 bridgehead atoms. The molecule has 0 aromatic carbocycles. The molecule has 0 spiro atoms. The molecule has 0 atom stereocenters. The second kappa shape index (κ2) is 8.26. The van der Waals surface area contributed by atoms with E-state index in [2.05, 4.69) is 20.3 Å². The number of H-pyrrole nitrogens is 1. The van der Waals surface area contributed by atoms with Crippen molar-refractivity contribution in [2.45, 2.75) is 38.0 Å². The molecule has 1 aliphatic carbocycles. The standard InChI is InChI=1S/C18H21N5O2S2/c24-15(20-5-2-7-23-8-6-19-11-23)10-26-9-14-21-17(25)16-12-3-1-4-13(12)27-18(16)22-14/h6,8,11H,1-5,7,9-10H2,(H,20,24)(H,21,22,25). The second-order valence-electron chi connectivity index (χ2n) is 6.55. The Morgan fingerprint density at radius 3 is 3.19 bits per heavy atom. The van der Waals surface area contributed by atoms with Crippen molar-refractivity contribution in [2.24, 2.45) is 0 Å². The Balaban J connectivity index is 1.24. The number of carbonyl (C=O) groups excluding carboxylic acids is 1. The maximum absolute atomic E-state index is 12.4. The number of aryl methyl sites for hydroxylation is 3. The molecule has 3 aromatic heterocycles. The first kappa shape index (κ1) is 18.2. The van der Waals surface area contributed by atoms with Gasteiger partial charge in [-0.25, -0.2) is 9.97 Å². The summed E-state index contributed by atoms with van der Waals surface area (Å²) in [5, 5.41) is 3.69. The maximum atomic E-state index is 12.4. The van der Waals surface area contributed by atoms with Crippen LogP contribution in [0.2, 0.25) is 0 Å². The van der Waals surface area contributed by atoms with Crippen LogP contribution >= 0.6 is 23.1 Å². The lowest BCUT2D eigenvalue weighted by Gasteiger charge is -2.06. The molecule has 0 saturated carbocycles. The van der Waals surface area contributed by atoms with Gasteiger partial charge in [0.2, 0.25) is 5.91 Å². The first-order valence-electron chi connectivity index (χ1n) is 9.04. The normalized spacial score (nSPS) is 13.2. The van der Waals surface area contributed by atoms with Gasteiger partial charge in [-0.05, 0) is 31.2 Å². The molecule has 27 heavy (non-hydrogen) atoms. The lowest BCUT2D eigenvalue weighted by molar-refractivity contribution is -0.118. The highest BCUT2D eigenvalue weighted by Crippen LogP contribution is 2.34. The van der Waals surface area contributed by atoms with E-state index in [0.717, 1.165) is 42.4 Å². The number of imidazole rings is 1. The largest absolute Gasteiger partial charge is 0.355 e. The molecular weight excluding hydrogens is 382 g/mol. The Morgan fingerprint density at radius 1 is 1.41 bits per heavy atom. The van der Waals surface area contributed by atoms with Gasteiger partial charge in [-0.15, -0.1) is 23.1 Å². The molecule has 4 rings (SSSR count). The molecule has 1 amide bonds. The number of thioether (sulfide) groups is 1. The second-order valence-corrected chi connectivity index (χ2v) is 8.62. The number of carbonyl (C=O) groups is 1. The van der Waals surface area contributed by atoms with Crippen molar-refractivity contribution in [1.82, 2.24) is 24.8 Å². The summed E-state index contributed by atoms with van der Waals surface area (Å²) in [6, 6.07) is 0. The SMILES string of the molecule is O=C(CSCc1nc2sc3c(c2c(=O)[nH]1)CCC3)NCCCn1ccnc1. The number of rotatable bonds is 8. The third-order valence-corrected chi connectivity index (χ3v) is 6.70. The van der Waals surface area contributed by atoms with E-state index in [-0.39, 0.29) is 11.5 Å². The molecule has 142 valence electrons.